The van der Waals surface area contributed by atoms with Crippen molar-refractivity contribution in [2.45, 2.75) is 32.9 Å². The lowest BCUT2D eigenvalue weighted by Crippen LogP contribution is -2.28. The maximum absolute atomic E-state index is 12.1. The molecule has 2 amide bonds. The van der Waals surface area contributed by atoms with Crippen LogP contribution in [0.3, 0.4) is 0 Å². The number of carbonyl (C=O) groups excluding carboxylic acids is 3. The molecule has 1 aromatic carbocycles. The summed E-state index contributed by atoms with van der Waals surface area (Å²) in [5, 5.41) is 7.14. The van der Waals surface area contributed by atoms with E-state index in [0.717, 1.165) is 4.88 Å². The average molecular weight is 390 g/mol. The van der Waals surface area contributed by atoms with E-state index in [0.29, 0.717) is 12.2 Å². The van der Waals surface area contributed by atoms with Gasteiger partial charge < -0.3 is 14.8 Å². The zero-order chi connectivity index (χ0) is 19.9. The van der Waals surface area contributed by atoms with Gasteiger partial charge in [0.2, 0.25) is 0 Å². The van der Waals surface area contributed by atoms with Crippen molar-refractivity contribution in [1.29, 1.82) is 0 Å². The van der Waals surface area contributed by atoms with E-state index in [-0.39, 0.29) is 18.1 Å². The predicted octanol–water partition coefficient (Wildman–Crippen LogP) is 3.57. The SMILES string of the molecule is CC(C)(C)OC(=O)Nc1cccc(C(=O)OCC(=O)NCc2cccs2)c1. The smallest absolute Gasteiger partial charge is 0.412 e. The van der Waals surface area contributed by atoms with Gasteiger partial charge in [0.05, 0.1) is 12.1 Å². The maximum atomic E-state index is 12.1. The highest BCUT2D eigenvalue weighted by Crippen LogP contribution is 2.14. The standard InChI is InChI=1S/C19H22N2O5S/c1-19(2,3)26-18(24)21-14-7-4-6-13(10-14)17(23)25-12-16(22)20-11-15-8-5-9-27-15/h4-10H,11-12H2,1-3H3,(H,20,22)(H,21,24). The van der Waals surface area contributed by atoms with Crippen LogP contribution in [0.5, 0.6) is 0 Å². The molecule has 0 saturated heterocycles. The minimum absolute atomic E-state index is 0.217. The number of amides is 2. The first kappa shape index (κ1) is 20.4. The van der Waals surface area contributed by atoms with Gasteiger partial charge in [0, 0.05) is 10.6 Å². The minimum atomic E-state index is -0.658. The molecule has 0 bridgehead atoms. The predicted molar refractivity (Wildman–Crippen MR) is 103 cm³/mol. The summed E-state index contributed by atoms with van der Waals surface area (Å²) >= 11 is 1.53. The van der Waals surface area contributed by atoms with Gasteiger partial charge in [0.1, 0.15) is 5.60 Å². The second kappa shape index (κ2) is 9.18. The number of carbonyl (C=O) groups is 3. The molecule has 0 aliphatic heterocycles. The summed E-state index contributed by atoms with van der Waals surface area (Å²) in [7, 11) is 0. The van der Waals surface area contributed by atoms with Gasteiger partial charge >= 0.3 is 12.1 Å². The summed E-state index contributed by atoms with van der Waals surface area (Å²) < 4.78 is 10.2. The van der Waals surface area contributed by atoms with Gasteiger partial charge in [0.25, 0.3) is 5.91 Å². The number of nitrogens with one attached hydrogen (secondary N) is 2. The van der Waals surface area contributed by atoms with E-state index in [1.807, 2.05) is 17.5 Å². The first-order valence-corrected chi connectivity index (χ1v) is 9.17. The summed E-state index contributed by atoms with van der Waals surface area (Å²) in [5.74, 6) is -1.05. The van der Waals surface area contributed by atoms with Gasteiger partial charge in [-0.15, -0.1) is 11.3 Å². The molecular weight excluding hydrogens is 368 g/mol. The second-order valence-electron chi connectivity index (χ2n) is 6.64. The highest BCUT2D eigenvalue weighted by molar-refractivity contribution is 7.09. The van der Waals surface area contributed by atoms with Crippen molar-refractivity contribution in [2.75, 3.05) is 11.9 Å². The van der Waals surface area contributed by atoms with Crippen LogP contribution in [-0.4, -0.2) is 30.2 Å². The number of thiophene rings is 1. The summed E-state index contributed by atoms with van der Waals surface area (Å²) in [4.78, 5) is 36.7. The summed E-state index contributed by atoms with van der Waals surface area (Å²) in [5.41, 5.74) is -0.0210. The molecule has 0 radical (unpaired) electrons. The number of ether oxygens (including phenoxy) is 2. The van der Waals surface area contributed by atoms with Gasteiger partial charge in [-0.2, -0.15) is 0 Å². The van der Waals surface area contributed by atoms with Crippen LogP contribution in [0.4, 0.5) is 10.5 Å². The number of esters is 1. The molecule has 1 heterocycles. The van der Waals surface area contributed by atoms with Crippen LogP contribution in [0.2, 0.25) is 0 Å². The van der Waals surface area contributed by atoms with E-state index >= 15 is 0 Å². The maximum Gasteiger partial charge on any atom is 0.412 e. The van der Waals surface area contributed by atoms with Crippen LogP contribution in [-0.2, 0) is 20.8 Å². The van der Waals surface area contributed by atoms with Crippen molar-refractivity contribution < 1.29 is 23.9 Å². The number of rotatable bonds is 6. The first-order chi connectivity index (χ1) is 12.7. The fourth-order valence-corrected chi connectivity index (χ4v) is 2.65. The molecule has 0 unspecified atom stereocenters. The Bertz CT molecular complexity index is 797. The summed E-state index contributed by atoms with van der Waals surface area (Å²) in [6.45, 7) is 5.27. The van der Waals surface area contributed by atoms with E-state index in [1.54, 1.807) is 32.9 Å². The zero-order valence-electron chi connectivity index (χ0n) is 15.4. The molecule has 144 valence electrons. The Kier molecular flexibility index (Phi) is 6.95. The Labute approximate surface area is 161 Å². The lowest BCUT2D eigenvalue weighted by atomic mass is 10.2. The number of anilines is 1. The Balaban J connectivity index is 1.83. The Morgan fingerprint density at radius 2 is 1.89 bits per heavy atom. The molecular formula is C19H22N2O5S. The third-order valence-corrected chi connectivity index (χ3v) is 3.99. The number of benzene rings is 1. The molecule has 2 rings (SSSR count). The summed E-state index contributed by atoms with van der Waals surface area (Å²) in [6, 6.07) is 10.0. The molecule has 0 saturated carbocycles. The topological polar surface area (TPSA) is 93.7 Å². The monoisotopic (exact) mass is 390 g/mol. The minimum Gasteiger partial charge on any atom is -0.452 e. The van der Waals surface area contributed by atoms with E-state index in [1.165, 1.54) is 23.5 Å². The molecule has 0 aliphatic carbocycles. The van der Waals surface area contributed by atoms with Crippen molar-refractivity contribution in [3.8, 4) is 0 Å². The van der Waals surface area contributed by atoms with Crippen LogP contribution in [0.25, 0.3) is 0 Å². The van der Waals surface area contributed by atoms with Crippen LogP contribution < -0.4 is 10.6 Å². The fraction of sp³-hybridized carbons (Fsp3) is 0.316. The van der Waals surface area contributed by atoms with E-state index in [2.05, 4.69) is 10.6 Å². The lowest BCUT2D eigenvalue weighted by Gasteiger charge is -2.19. The molecule has 2 N–H and O–H groups in total. The van der Waals surface area contributed by atoms with Crippen LogP contribution >= 0.6 is 11.3 Å². The third-order valence-electron chi connectivity index (χ3n) is 3.12. The lowest BCUT2D eigenvalue weighted by molar-refractivity contribution is -0.124. The van der Waals surface area contributed by atoms with Gasteiger partial charge in [0.15, 0.2) is 6.61 Å². The summed E-state index contributed by atoms with van der Waals surface area (Å²) in [6.07, 6.45) is -0.624. The average Bonchev–Trinajstić information content (AvgIpc) is 3.09. The van der Waals surface area contributed by atoms with Gasteiger partial charge in [-0.05, 0) is 50.4 Å². The molecule has 7 nitrogen and oxygen atoms in total. The highest BCUT2D eigenvalue weighted by Gasteiger charge is 2.17. The van der Waals surface area contributed by atoms with Crippen molar-refractivity contribution in [3.63, 3.8) is 0 Å². The second-order valence-corrected chi connectivity index (χ2v) is 7.67. The molecule has 0 aliphatic rings. The van der Waals surface area contributed by atoms with E-state index < -0.39 is 17.7 Å². The van der Waals surface area contributed by atoms with Crippen LogP contribution in [0.1, 0.15) is 36.0 Å². The zero-order valence-corrected chi connectivity index (χ0v) is 16.2. The largest absolute Gasteiger partial charge is 0.452 e. The van der Waals surface area contributed by atoms with Crippen molar-refractivity contribution >= 4 is 35.0 Å². The van der Waals surface area contributed by atoms with Crippen molar-refractivity contribution in [1.82, 2.24) is 5.32 Å². The number of hydrogen-bond donors (Lipinski definition) is 2. The van der Waals surface area contributed by atoms with E-state index in [9.17, 15) is 14.4 Å². The molecule has 2 aromatic rings. The third kappa shape index (κ3) is 7.49. The van der Waals surface area contributed by atoms with Gasteiger partial charge in [-0.1, -0.05) is 12.1 Å². The van der Waals surface area contributed by atoms with Crippen molar-refractivity contribution in [3.05, 3.63) is 52.2 Å². The van der Waals surface area contributed by atoms with Crippen molar-refractivity contribution in [2.24, 2.45) is 0 Å². The molecule has 0 atom stereocenters. The fourth-order valence-electron chi connectivity index (χ4n) is 2.01. The van der Waals surface area contributed by atoms with Crippen LogP contribution in [0.15, 0.2) is 41.8 Å². The Hall–Kier alpha value is -2.87. The Morgan fingerprint density at radius 3 is 2.56 bits per heavy atom. The van der Waals surface area contributed by atoms with Gasteiger partial charge in [-0.25, -0.2) is 9.59 Å². The molecule has 0 fully saturated rings. The molecule has 27 heavy (non-hydrogen) atoms. The van der Waals surface area contributed by atoms with Crippen LogP contribution in [0, 0.1) is 0 Å². The molecule has 0 spiro atoms. The van der Waals surface area contributed by atoms with Gasteiger partial charge in [-0.3, -0.25) is 10.1 Å². The highest BCUT2D eigenvalue weighted by atomic mass is 32.1. The molecule has 8 heteroatoms. The molecule has 1 aromatic heterocycles. The quantitative estimate of drug-likeness (QED) is 0.736. The first-order valence-electron chi connectivity index (χ1n) is 8.29. The Morgan fingerprint density at radius 1 is 1.11 bits per heavy atom. The number of hydrogen-bond acceptors (Lipinski definition) is 6. The van der Waals surface area contributed by atoms with E-state index in [4.69, 9.17) is 9.47 Å². The normalized spacial score (nSPS) is 10.8.